The molecule has 2 heterocycles. The molecule has 1 aromatic heterocycles. The largest absolute Gasteiger partial charge is 0.481 e. The molecule has 2 atom stereocenters. The maximum Gasteiger partial charge on any atom is 0.379 e. The number of carbonyl (C=O) groups is 4. The summed E-state index contributed by atoms with van der Waals surface area (Å²) in [5.74, 6) is -4.35. The van der Waals surface area contributed by atoms with Crippen LogP contribution in [0.15, 0.2) is 40.8 Å². The molecule has 34 heavy (non-hydrogen) atoms. The van der Waals surface area contributed by atoms with E-state index in [0.717, 1.165) is 6.42 Å². The number of esters is 1. The normalized spacial score (nSPS) is 16.6. The van der Waals surface area contributed by atoms with Gasteiger partial charge in [0.15, 0.2) is 5.78 Å². The van der Waals surface area contributed by atoms with Gasteiger partial charge in [0, 0.05) is 12.0 Å². The Kier molecular flexibility index (Phi) is 7.79. The summed E-state index contributed by atoms with van der Waals surface area (Å²) in [5, 5.41) is 25.5. The van der Waals surface area contributed by atoms with Gasteiger partial charge in [-0.25, -0.2) is 4.79 Å². The first-order valence-corrected chi connectivity index (χ1v) is 10.6. The van der Waals surface area contributed by atoms with Crippen molar-refractivity contribution in [1.29, 1.82) is 5.41 Å². The van der Waals surface area contributed by atoms with Crippen molar-refractivity contribution in [2.45, 2.75) is 38.3 Å². The van der Waals surface area contributed by atoms with Crippen molar-refractivity contribution >= 4 is 29.5 Å². The van der Waals surface area contributed by atoms with E-state index in [4.69, 9.17) is 25.4 Å². The van der Waals surface area contributed by atoms with Crippen LogP contribution in [-0.4, -0.2) is 57.2 Å². The highest BCUT2D eigenvalue weighted by molar-refractivity contribution is 5.95. The lowest BCUT2D eigenvalue weighted by Gasteiger charge is -2.23. The van der Waals surface area contributed by atoms with Gasteiger partial charge in [-0.05, 0) is 55.8 Å². The van der Waals surface area contributed by atoms with E-state index in [9.17, 15) is 24.3 Å². The number of nitrogens with two attached hydrogens (primary N) is 1. The van der Waals surface area contributed by atoms with Crippen LogP contribution in [0.4, 0.5) is 0 Å². The molecule has 0 spiro atoms. The summed E-state index contributed by atoms with van der Waals surface area (Å²) in [6.07, 6.45) is 0.277. The number of benzene rings is 1. The maximum atomic E-state index is 12.7. The molecule has 1 aromatic carbocycles. The number of carbonyl (C=O) groups excluding carboxylic acids is 2. The minimum atomic E-state index is -1.31. The summed E-state index contributed by atoms with van der Waals surface area (Å²) >= 11 is 0. The second kappa shape index (κ2) is 10.8. The lowest BCUT2D eigenvalue weighted by Crippen LogP contribution is -2.37. The number of ether oxygens (including phenoxy) is 1. The minimum absolute atomic E-state index is 0.0277. The first-order chi connectivity index (χ1) is 16.1. The molecule has 1 aliphatic heterocycles. The molecule has 1 fully saturated rings. The Morgan fingerprint density at radius 1 is 1.12 bits per heavy atom. The van der Waals surface area contributed by atoms with Crippen molar-refractivity contribution in [2.24, 2.45) is 11.7 Å². The number of rotatable bonds is 11. The van der Waals surface area contributed by atoms with Crippen LogP contribution in [0.1, 0.15) is 47.6 Å². The average molecular weight is 471 g/mol. The molecule has 180 valence electrons. The van der Waals surface area contributed by atoms with Crippen LogP contribution in [0.2, 0.25) is 0 Å². The Morgan fingerprint density at radius 3 is 2.44 bits per heavy atom. The van der Waals surface area contributed by atoms with Gasteiger partial charge in [-0.2, -0.15) is 0 Å². The molecule has 11 heteroatoms. The van der Waals surface area contributed by atoms with Crippen LogP contribution in [-0.2, 0) is 20.9 Å². The zero-order valence-corrected chi connectivity index (χ0v) is 18.2. The van der Waals surface area contributed by atoms with Crippen molar-refractivity contribution in [2.75, 3.05) is 6.54 Å². The van der Waals surface area contributed by atoms with E-state index in [1.165, 1.54) is 18.2 Å². The van der Waals surface area contributed by atoms with Gasteiger partial charge in [0.25, 0.3) is 0 Å². The first-order valence-electron chi connectivity index (χ1n) is 10.6. The average Bonchev–Trinajstić information content (AvgIpc) is 3.43. The number of nitrogens with one attached hydrogen (secondary N) is 1. The van der Waals surface area contributed by atoms with Gasteiger partial charge in [-0.1, -0.05) is 0 Å². The van der Waals surface area contributed by atoms with Gasteiger partial charge in [0.1, 0.15) is 17.3 Å². The molecule has 0 radical (unpaired) electrons. The molecule has 1 aliphatic rings. The molecular formula is C23H25N3O8. The number of ketones is 1. The number of carboxylic acid groups (broad SMARTS) is 2. The number of amidine groups is 1. The van der Waals surface area contributed by atoms with Crippen LogP contribution < -0.4 is 10.5 Å². The van der Waals surface area contributed by atoms with E-state index in [1.54, 1.807) is 18.2 Å². The van der Waals surface area contributed by atoms with Crippen LogP contribution in [0, 0.1) is 11.3 Å². The molecule has 0 amide bonds. The second-order valence-electron chi connectivity index (χ2n) is 8.03. The Labute approximate surface area is 194 Å². The number of aliphatic carboxylic acids is 2. The second-order valence-corrected chi connectivity index (χ2v) is 8.03. The fraction of sp³-hybridized carbons (Fsp3) is 0.348. The van der Waals surface area contributed by atoms with Crippen molar-refractivity contribution in [1.82, 2.24) is 4.90 Å². The number of likely N-dealkylation sites (tertiary alicyclic amines) is 1. The number of hydrogen-bond donors (Lipinski definition) is 4. The highest BCUT2D eigenvalue weighted by Gasteiger charge is 2.34. The van der Waals surface area contributed by atoms with Gasteiger partial charge in [0.05, 0.1) is 24.9 Å². The van der Waals surface area contributed by atoms with Crippen molar-refractivity contribution < 1.29 is 38.5 Å². The summed E-state index contributed by atoms with van der Waals surface area (Å²) in [4.78, 5) is 49.1. The number of nitrogens with zero attached hydrogens (tertiary/aromatic N) is 1. The van der Waals surface area contributed by atoms with Crippen molar-refractivity contribution in [3.63, 3.8) is 0 Å². The lowest BCUT2D eigenvalue weighted by molar-refractivity contribution is -0.149. The molecule has 0 bridgehead atoms. The van der Waals surface area contributed by atoms with Gasteiger partial charge >= 0.3 is 17.9 Å². The molecule has 5 N–H and O–H groups in total. The minimum Gasteiger partial charge on any atom is -0.481 e. The summed E-state index contributed by atoms with van der Waals surface area (Å²) in [6, 6.07) is 8.63. The summed E-state index contributed by atoms with van der Waals surface area (Å²) in [6.45, 7) is 0.809. The molecule has 2 aromatic rings. The third kappa shape index (κ3) is 6.29. The molecular weight excluding hydrogens is 446 g/mol. The standard InChI is InChI=1S/C23H25N3O8/c24-21(25)13-3-5-15(6-4-13)34-23(32)19-8-7-16(33-19)12-26-9-1-2-17(26)18(27)10-14(22(30)31)11-20(28)29/h3-8,14,17H,1-2,9-12H2,(H3,24,25)(H,28,29)(H,30,31)/t14-,17+/m1/s1. The maximum absolute atomic E-state index is 12.7. The molecule has 0 saturated carbocycles. The topological polar surface area (TPSA) is 184 Å². The van der Waals surface area contributed by atoms with E-state index in [2.05, 4.69) is 0 Å². The Morgan fingerprint density at radius 2 is 1.82 bits per heavy atom. The number of Topliss-reactive ketones (excluding diaryl/α,β-unsaturated/α-hetero) is 1. The van der Waals surface area contributed by atoms with Crippen LogP contribution in [0.5, 0.6) is 5.75 Å². The Bertz CT molecular complexity index is 1090. The van der Waals surface area contributed by atoms with E-state index in [-0.39, 0.29) is 36.1 Å². The predicted octanol–water partition coefficient (Wildman–Crippen LogP) is 1.88. The van der Waals surface area contributed by atoms with Gasteiger partial charge in [-0.3, -0.25) is 24.7 Å². The molecule has 0 unspecified atom stereocenters. The van der Waals surface area contributed by atoms with Crippen molar-refractivity contribution in [3.8, 4) is 5.75 Å². The third-order valence-electron chi connectivity index (χ3n) is 5.55. The highest BCUT2D eigenvalue weighted by atomic mass is 16.5. The monoisotopic (exact) mass is 471 g/mol. The highest BCUT2D eigenvalue weighted by Crippen LogP contribution is 2.25. The smallest absolute Gasteiger partial charge is 0.379 e. The molecule has 0 aliphatic carbocycles. The number of furan rings is 1. The zero-order valence-electron chi connectivity index (χ0n) is 18.2. The molecule has 11 nitrogen and oxygen atoms in total. The Balaban J connectivity index is 1.60. The summed E-state index contributed by atoms with van der Waals surface area (Å²) < 4.78 is 10.8. The van der Waals surface area contributed by atoms with Gasteiger partial charge in [-0.15, -0.1) is 0 Å². The lowest BCUT2D eigenvalue weighted by atomic mass is 9.94. The fourth-order valence-corrected chi connectivity index (χ4v) is 3.85. The molecule has 3 rings (SSSR count). The van der Waals surface area contributed by atoms with E-state index in [1.807, 2.05) is 4.90 Å². The van der Waals surface area contributed by atoms with Crippen LogP contribution >= 0.6 is 0 Å². The fourth-order valence-electron chi connectivity index (χ4n) is 3.85. The SMILES string of the molecule is N=C(N)c1ccc(OC(=O)c2ccc(CN3CCC[C@H]3C(=O)C[C@H](CC(=O)O)C(=O)O)o2)cc1. The van der Waals surface area contributed by atoms with Crippen LogP contribution in [0.25, 0.3) is 0 Å². The predicted molar refractivity (Wildman–Crippen MR) is 118 cm³/mol. The van der Waals surface area contributed by atoms with Crippen molar-refractivity contribution in [3.05, 3.63) is 53.5 Å². The summed E-state index contributed by atoms with van der Waals surface area (Å²) in [5.41, 5.74) is 5.89. The summed E-state index contributed by atoms with van der Waals surface area (Å²) in [7, 11) is 0. The number of hydrogen-bond acceptors (Lipinski definition) is 8. The number of nitrogen functional groups attached to an aromatic ring is 1. The van der Waals surface area contributed by atoms with E-state index in [0.29, 0.717) is 24.3 Å². The quantitative estimate of drug-likeness (QED) is 0.163. The third-order valence-corrected chi connectivity index (χ3v) is 5.55. The van der Waals surface area contributed by atoms with Gasteiger partial charge in [0.2, 0.25) is 5.76 Å². The van der Waals surface area contributed by atoms with E-state index >= 15 is 0 Å². The Hall–Kier alpha value is -3.99. The van der Waals surface area contributed by atoms with E-state index < -0.39 is 36.3 Å². The first kappa shape index (κ1) is 24.6. The van der Waals surface area contributed by atoms with Gasteiger partial charge < -0.3 is 25.1 Å². The molecule has 1 saturated heterocycles. The van der Waals surface area contributed by atoms with Crippen LogP contribution in [0.3, 0.4) is 0 Å². The zero-order chi connectivity index (χ0) is 24.8. The number of carboxylic acids is 2.